The number of aromatic hydroxyl groups is 2. The van der Waals surface area contributed by atoms with Crippen molar-refractivity contribution < 1.29 is 92.0 Å². The molecule has 38 nitrogen and oxygen atoms in total. The number of unbranched alkanes of at least 4 members (excludes halogenated alkanes) is 1. The number of nitrogens with one attached hydrogen (secondary N) is 14. The highest BCUT2D eigenvalue weighted by Gasteiger charge is 2.42. The van der Waals surface area contributed by atoms with E-state index in [0.717, 1.165) is 6.92 Å². The number of hydrogen-bond acceptors (Lipinski definition) is 21. The fourth-order valence-electron chi connectivity index (χ4n) is 12.8. The lowest BCUT2D eigenvalue weighted by Crippen LogP contribution is -2.62. The Morgan fingerprint density at radius 2 is 0.915 bits per heavy atom. The maximum Gasteiger partial charge on any atom is 0.246 e. The van der Waals surface area contributed by atoms with Crippen LogP contribution in [0.3, 0.4) is 0 Å². The molecule has 3 aromatic carbocycles. The van der Waals surface area contributed by atoms with Crippen molar-refractivity contribution in [2.75, 3.05) is 19.7 Å². The number of imidazole rings is 1. The molecule has 0 radical (unpaired) electrons. The number of phenolic OH excluding ortho intramolecular Hbond substituents is 2. The van der Waals surface area contributed by atoms with Crippen LogP contribution in [-0.4, -0.2) is 229 Å². The van der Waals surface area contributed by atoms with Crippen LogP contribution in [0.5, 0.6) is 11.5 Å². The minimum Gasteiger partial charge on any atom is -0.508 e. The summed E-state index contributed by atoms with van der Waals surface area (Å²) in [5.41, 5.74) is 18.8. The zero-order valence-electron chi connectivity index (χ0n) is 67.4. The van der Waals surface area contributed by atoms with Gasteiger partial charge >= 0.3 is 0 Å². The number of hydrogen-bond donors (Lipinski definition) is 20. The van der Waals surface area contributed by atoms with E-state index in [1.807, 2.05) is 0 Å². The quantitative estimate of drug-likeness (QED) is 0.0194. The summed E-state index contributed by atoms with van der Waals surface area (Å²) in [5, 5.41) is 63.2. The number of likely N-dealkylation sites (tertiary alicyclic amines) is 1. The number of carbonyl (C=O) groups is 16. The van der Waals surface area contributed by atoms with Crippen LogP contribution in [0.25, 0.3) is 0 Å². The second kappa shape index (κ2) is 47.7. The molecule has 5 rings (SSSR count). The summed E-state index contributed by atoms with van der Waals surface area (Å²) >= 11 is 0. The van der Waals surface area contributed by atoms with Gasteiger partial charge in [0, 0.05) is 45.3 Å². The van der Waals surface area contributed by atoms with Crippen molar-refractivity contribution in [1.29, 1.82) is 0 Å². The first-order valence-corrected chi connectivity index (χ1v) is 39.2. The highest BCUT2D eigenvalue weighted by atomic mass is 16.3. The second-order valence-electron chi connectivity index (χ2n) is 29.3. The van der Waals surface area contributed by atoms with E-state index in [2.05, 4.69) is 79.1 Å². The Kier molecular flexibility index (Phi) is 38.9. The Labute approximate surface area is 678 Å². The standard InChI is InChI=1S/C79H115N19O19/c1-10-43(7)65(78(116)89-53(12-3)68(106)91-56(66(82)104)34-47-24-28-50(101)29-25-47)97-70(108)54(13-4)87-71(109)55(22-17-18-32-80)90-72(110)58(37-49-39-83-41-84-49)92-67(105)44(8)85-76(114)62-23-19-33-98(62)79(117)60(36-46-20-15-14-16-21-46)95-77(115)64(42(5)6)96-74(112)57(35-48-26-30-51(102)31-27-48)93-73(111)59(38-63(81)103)94-69(107)52(11-2)88-75(113)61(40-99)86-45(9)100/h14-16,20-21,24-31,39,41-44,52-62,64-65,99,101-102H,10-13,17-19,22-23,32-38,40,80H2,1-9H3,(H2,81,103)(H2,82,104)(H,83,84)(H,85,114)(H,86,100)(H,87,109)(H,88,113)(H,89,116)(H,90,110)(H,91,106)(H,92,105)(H,93,111)(H,94,107)(H,95,115)(H,96,112)(H,97,108)/t43-,44-,52?,53?,54?,55-,56-,57-,58-,59-,60-,61-,62-,64-,65-/m0/s1. The molecule has 1 saturated heterocycles. The van der Waals surface area contributed by atoms with Gasteiger partial charge in [0.25, 0.3) is 0 Å². The molecule has 3 unspecified atom stereocenters. The number of primary amides is 2. The molecule has 2 heterocycles. The first kappa shape index (κ1) is 95.5. The highest BCUT2D eigenvalue weighted by Crippen LogP contribution is 2.22. The summed E-state index contributed by atoms with van der Waals surface area (Å²) in [7, 11) is 0. The maximum absolute atomic E-state index is 15.1. The SMILES string of the molecule is CCC(NC(=O)[C@H](CO)NC(C)=O)C(=O)N[C@@H](CC(N)=O)C(=O)N[C@@H](Cc1ccc(O)cc1)C(=O)N[C@H](C(=O)N[C@@H](Cc1ccccc1)C(=O)N1CCC[C@H]1C(=O)N[C@@H](C)C(=O)N[C@@H](Cc1c[nH]cn1)C(=O)N[C@@H](CCCCN)C(=O)NC(CC)C(=O)N[C@H](C(=O)NC(CC)C(=O)N[C@@H](Cc1ccc(O)cc1)C(N)=O)[C@@H](C)CC)C(C)C. The molecule has 1 aliphatic heterocycles. The zero-order valence-corrected chi connectivity index (χ0v) is 67.4. The van der Waals surface area contributed by atoms with Crippen LogP contribution in [0, 0.1) is 11.8 Å². The average molecular weight is 1630 g/mol. The van der Waals surface area contributed by atoms with E-state index < -0.39 is 204 Å². The lowest BCUT2D eigenvalue weighted by molar-refractivity contribution is -0.142. The Morgan fingerprint density at radius 3 is 1.43 bits per heavy atom. The van der Waals surface area contributed by atoms with Gasteiger partial charge < -0.3 is 112 Å². The number of benzene rings is 3. The van der Waals surface area contributed by atoms with Crippen LogP contribution in [0.1, 0.15) is 149 Å². The molecule has 0 saturated carbocycles. The summed E-state index contributed by atoms with van der Waals surface area (Å²) in [6.07, 6.45) is 2.74. The molecule has 0 bridgehead atoms. The van der Waals surface area contributed by atoms with Crippen molar-refractivity contribution in [3.05, 3.63) is 114 Å². The van der Waals surface area contributed by atoms with E-state index in [9.17, 15) is 87.2 Å². The van der Waals surface area contributed by atoms with E-state index in [4.69, 9.17) is 17.2 Å². The minimum absolute atomic E-state index is 0.00242. The average Bonchev–Trinajstić information content (AvgIpc) is 1.73. The van der Waals surface area contributed by atoms with Crippen molar-refractivity contribution in [3.63, 3.8) is 0 Å². The normalized spacial score (nSPS) is 16.0. The number of phenols is 2. The number of amides is 16. The molecule has 117 heavy (non-hydrogen) atoms. The molecule has 0 aliphatic carbocycles. The van der Waals surface area contributed by atoms with Crippen LogP contribution in [0.2, 0.25) is 0 Å². The number of aliphatic hydroxyl groups excluding tert-OH is 1. The highest BCUT2D eigenvalue weighted by molar-refractivity contribution is 6.01. The van der Waals surface area contributed by atoms with Crippen molar-refractivity contribution in [2.24, 2.45) is 29.0 Å². The molecular formula is C79H115N19O19. The predicted octanol–water partition coefficient (Wildman–Crippen LogP) is -3.16. The van der Waals surface area contributed by atoms with Gasteiger partial charge in [0.05, 0.1) is 25.0 Å². The second-order valence-corrected chi connectivity index (χ2v) is 29.3. The first-order chi connectivity index (χ1) is 55.5. The van der Waals surface area contributed by atoms with E-state index in [0.29, 0.717) is 48.1 Å². The third kappa shape index (κ3) is 30.6. The van der Waals surface area contributed by atoms with Gasteiger partial charge in [0.2, 0.25) is 94.5 Å². The molecular weight excluding hydrogens is 1520 g/mol. The minimum atomic E-state index is -1.77. The van der Waals surface area contributed by atoms with Crippen LogP contribution in [0.15, 0.2) is 91.4 Å². The van der Waals surface area contributed by atoms with Crippen molar-refractivity contribution in [1.82, 2.24) is 84.0 Å². The van der Waals surface area contributed by atoms with Gasteiger partial charge in [-0.3, -0.25) is 76.7 Å². The van der Waals surface area contributed by atoms with Gasteiger partial charge in [-0.15, -0.1) is 0 Å². The van der Waals surface area contributed by atoms with Crippen molar-refractivity contribution >= 4 is 94.5 Å². The zero-order chi connectivity index (χ0) is 86.8. The molecule has 640 valence electrons. The van der Waals surface area contributed by atoms with Gasteiger partial charge in [0.1, 0.15) is 96.1 Å². The Hall–Kier alpha value is -12.1. The summed E-state index contributed by atoms with van der Waals surface area (Å²) in [5.74, 6) is -15.2. The van der Waals surface area contributed by atoms with Crippen LogP contribution in [0.4, 0.5) is 0 Å². The van der Waals surface area contributed by atoms with Gasteiger partial charge in [-0.2, -0.15) is 0 Å². The number of aromatic nitrogens is 2. The molecule has 4 aromatic rings. The number of carbonyl (C=O) groups excluding carboxylic acids is 16. The molecule has 1 fully saturated rings. The third-order valence-electron chi connectivity index (χ3n) is 19.8. The van der Waals surface area contributed by atoms with Gasteiger partial charge in [-0.05, 0) is 118 Å². The molecule has 23 N–H and O–H groups in total. The van der Waals surface area contributed by atoms with Crippen LogP contribution < -0.4 is 86.3 Å². The van der Waals surface area contributed by atoms with Crippen molar-refractivity contribution in [2.45, 2.75) is 237 Å². The van der Waals surface area contributed by atoms with Crippen molar-refractivity contribution in [3.8, 4) is 11.5 Å². The lowest BCUT2D eigenvalue weighted by atomic mass is 9.97. The lowest BCUT2D eigenvalue weighted by Gasteiger charge is -2.31. The maximum atomic E-state index is 15.1. The number of aromatic amines is 1. The van der Waals surface area contributed by atoms with E-state index in [1.165, 1.54) is 67.7 Å². The monoisotopic (exact) mass is 1630 g/mol. The molecule has 0 spiro atoms. The predicted molar refractivity (Wildman–Crippen MR) is 425 cm³/mol. The Bertz CT molecular complexity index is 4040. The van der Waals surface area contributed by atoms with E-state index >= 15 is 4.79 Å². The molecule has 38 heteroatoms. The summed E-state index contributed by atoms with van der Waals surface area (Å²) in [6.45, 7) is 13.2. The van der Waals surface area contributed by atoms with E-state index in [1.54, 1.807) is 84.0 Å². The number of H-pyrrole nitrogens is 1. The molecule has 15 atom stereocenters. The third-order valence-corrected chi connectivity index (χ3v) is 19.8. The Balaban J connectivity index is 1.31. The molecule has 1 aliphatic rings. The fourth-order valence-corrected chi connectivity index (χ4v) is 12.8. The molecule has 16 amide bonds. The smallest absolute Gasteiger partial charge is 0.246 e. The topological polar surface area (TPSA) is 600 Å². The van der Waals surface area contributed by atoms with Gasteiger partial charge in [0.15, 0.2) is 0 Å². The fraction of sp³-hybridized carbons (Fsp3) is 0.532. The summed E-state index contributed by atoms with van der Waals surface area (Å²) < 4.78 is 0. The number of nitrogens with two attached hydrogens (primary N) is 3. The number of aliphatic hydroxyl groups is 1. The molecule has 1 aromatic heterocycles. The number of nitrogens with zero attached hydrogens (tertiary/aromatic N) is 2. The number of rotatable bonds is 48. The largest absolute Gasteiger partial charge is 0.508 e. The Morgan fingerprint density at radius 1 is 0.479 bits per heavy atom. The van der Waals surface area contributed by atoms with Gasteiger partial charge in [-0.25, -0.2) is 4.98 Å². The van der Waals surface area contributed by atoms with Crippen LogP contribution >= 0.6 is 0 Å². The van der Waals surface area contributed by atoms with Gasteiger partial charge in [-0.1, -0.05) is 109 Å². The summed E-state index contributed by atoms with van der Waals surface area (Å²) in [6, 6.07) is 0.590. The van der Waals surface area contributed by atoms with E-state index in [-0.39, 0.29) is 82.4 Å². The van der Waals surface area contributed by atoms with Crippen LogP contribution in [-0.2, 0) is 102 Å². The first-order valence-electron chi connectivity index (χ1n) is 39.2. The summed E-state index contributed by atoms with van der Waals surface area (Å²) in [4.78, 5) is 230.